The van der Waals surface area contributed by atoms with Crippen LogP contribution in [-0.2, 0) is 10.0 Å². The number of piperazine rings is 1. The van der Waals surface area contributed by atoms with Gasteiger partial charge in [-0.25, -0.2) is 8.42 Å². The smallest absolute Gasteiger partial charge is 0.246 e. The molecule has 1 saturated heterocycles. The average Bonchev–Trinajstić information content (AvgIpc) is 2.39. The van der Waals surface area contributed by atoms with Gasteiger partial charge in [0.25, 0.3) is 0 Å². The molecule has 0 N–H and O–H groups in total. The van der Waals surface area contributed by atoms with Gasteiger partial charge in [-0.05, 0) is 25.1 Å². The van der Waals surface area contributed by atoms with E-state index in [2.05, 4.69) is 11.8 Å². The van der Waals surface area contributed by atoms with Crippen LogP contribution in [0.5, 0.6) is 0 Å². The third kappa shape index (κ3) is 3.28. The van der Waals surface area contributed by atoms with Gasteiger partial charge in [0, 0.05) is 26.2 Å². The lowest BCUT2D eigenvalue weighted by Crippen LogP contribution is -2.48. The monoisotopic (exact) mass is 336 g/mol. The lowest BCUT2D eigenvalue weighted by molar-refractivity contribution is 0.188. The summed E-state index contributed by atoms with van der Waals surface area (Å²) in [5.41, 5.74) is 0. The normalized spacial score (nSPS) is 18.4. The zero-order valence-corrected chi connectivity index (χ0v) is 13.7. The number of hydrogen-bond donors (Lipinski definition) is 0. The molecule has 0 aromatic heterocycles. The molecule has 1 aliphatic rings. The van der Waals surface area contributed by atoms with Crippen molar-refractivity contribution < 1.29 is 8.42 Å². The van der Waals surface area contributed by atoms with Crippen LogP contribution in [0.1, 0.15) is 13.3 Å². The molecule has 2 rings (SSSR count). The van der Waals surface area contributed by atoms with Gasteiger partial charge in [-0.1, -0.05) is 36.2 Å². The molecule has 0 amide bonds. The molecule has 0 bridgehead atoms. The van der Waals surface area contributed by atoms with E-state index < -0.39 is 10.0 Å². The minimum Gasteiger partial charge on any atom is -0.301 e. The summed E-state index contributed by atoms with van der Waals surface area (Å²) in [5.74, 6) is 0. The molecule has 4 nitrogen and oxygen atoms in total. The van der Waals surface area contributed by atoms with Crippen molar-refractivity contribution in [2.75, 3.05) is 32.7 Å². The predicted molar refractivity (Wildman–Crippen MR) is 82.0 cm³/mol. The van der Waals surface area contributed by atoms with Crippen molar-refractivity contribution in [3.63, 3.8) is 0 Å². The molecule has 7 heteroatoms. The lowest BCUT2D eigenvalue weighted by atomic mass is 10.3. The minimum atomic E-state index is -3.62. The SMILES string of the molecule is CCCN1CCN(S(=O)(=O)c2c(Cl)cccc2Cl)CC1. The number of halogens is 2. The van der Waals surface area contributed by atoms with E-state index >= 15 is 0 Å². The van der Waals surface area contributed by atoms with E-state index in [1.165, 1.54) is 4.31 Å². The minimum absolute atomic E-state index is 0.0206. The Balaban J connectivity index is 2.20. The van der Waals surface area contributed by atoms with Gasteiger partial charge < -0.3 is 4.90 Å². The van der Waals surface area contributed by atoms with Crippen molar-refractivity contribution in [1.82, 2.24) is 9.21 Å². The summed E-state index contributed by atoms with van der Waals surface area (Å²) in [6, 6.07) is 4.74. The standard InChI is InChI=1S/C13H18Cl2N2O2S/c1-2-6-16-7-9-17(10-8-16)20(18,19)13-11(14)4-3-5-12(13)15/h3-5H,2,6-10H2,1H3. The van der Waals surface area contributed by atoms with Crippen LogP contribution in [0.4, 0.5) is 0 Å². The first-order chi connectivity index (χ1) is 9.46. The van der Waals surface area contributed by atoms with E-state index in [0.29, 0.717) is 13.1 Å². The summed E-state index contributed by atoms with van der Waals surface area (Å²) in [6.07, 6.45) is 1.07. The molecule has 112 valence electrons. The molecule has 0 aliphatic carbocycles. The van der Waals surface area contributed by atoms with Gasteiger partial charge in [-0.2, -0.15) is 4.31 Å². The van der Waals surface area contributed by atoms with Crippen LogP contribution >= 0.6 is 23.2 Å². The van der Waals surface area contributed by atoms with E-state index in [0.717, 1.165) is 26.1 Å². The van der Waals surface area contributed by atoms with Crippen LogP contribution in [0.3, 0.4) is 0 Å². The zero-order chi connectivity index (χ0) is 14.8. The second kappa shape index (κ2) is 6.62. The highest BCUT2D eigenvalue weighted by Crippen LogP contribution is 2.31. The van der Waals surface area contributed by atoms with E-state index in [4.69, 9.17) is 23.2 Å². The van der Waals surface area contributed by atoms with Gasteiger partial charge >= 0.3 is 0 Å². The molecule has 1 fully saturated rings. The molecule has 20 heavy (non-hydrogen) atoms. The summed E-state index contributed by atoms with van der Waals surface area (Å²) >= 11 is 12.0. The fraction of sp³-hybridized carbons (Fsp3) is 0.538. The Bertz CT molecular complexity index is 549. The highest BCUT2D eigenvalue weighted by molar-refractivity contribution is 7.89. The van der Waals surface area contributed by atoms with Crippen molar-refractivity contribution >= 4 is 33.2 Å². The first-order valence-corrected chi connectivity index (χ1v) is 8.83. The van der Waals surface area contributed by atoms with Gasteiger partial charge in [0.1, 0.15) is 4.90 Å². The maximum absolute atomic E-state index is 12.6. The molecule has 0 saturated carbocycles. The summed E-state index contributed by atoms with van der Waals surface area (Å²) < 4.78 is 26.7. The van der Waals surface area contributed by atoms with Gasteiger partial charge in [0.2, 0.25) is 10.0 Å². The van der Waals surface area contributed by atoms with Gasteiger partial charge in [-0.15, -0.1) is 0 Å². The number of sulfonamides is 1. The van der Waals surface area contributed by atoms with Crippen LogP contribution in [0.15, 0.2) is 23.1 Å². The number of rotatable bonds is 4. The van der Waals surface area contributed by atoms with Gasteiger partial charge in [0.05, 0.1) is 10.0 Å². The van der Waals surface area contributed by atoms with E-state index in [-0.39, 0.29) is 14.9 Å². The largest absolute Gasteiger partial charge is 0.301 e. The number of hydrogen-bond acceptors (Lipinski definition) is 3. The predicted octanol–water partition coefficient (Wildman–Crippen LogP) is 2.71. The first kappa shape index (κ1) is 16.0. The van der Waals surface area contributed by atoms with Gasteiger partial charge in [0.15, 0.2) is 0 Å². The molecule has 0 atom stereocenters. The fourth-order valence-corrected chi connectivity index (χ4v) is 4.88. The van der Waals surface area contributed by atoms with Crippen LogP contribution in [0, 0.1) is 0 Å². The lowest BCUT2D eigenvalue weighted by Gasteiger charge is -2.34. The molecule has 0 unspecified atom stereocenters. The summed E-state index contributed by atoms with van der Waals surface area (Å²) in [7, 11) is -3.62. The third-order valence-corrected chi connectivity index (χ3v) is 6.24. The van der Waals surface area contributed by atoms with E-state index in [1.807, 2.05) is 0 Å². The molecule has 1 heterocycles. The summed E-state index contributed by atoms with van der Waals surface area (Å²) in [4.78, 5) is 2.28. The van der Waals surface area contributed by atoms with Crippen LogP contribution in [0.25, 0.3) is 0 Å². The molecule has 0 radical (unpaired) electrons. The fourth-order valence-electron chi connectivity index (χ4n) is 2.37. The second-order valence-corrected chi connectivity index (χ2v) is 7.49. The highest BCUT2D eigenvalue weighted by Gasteiger charge is 2.31. The summed E-state index contributed by atoms with van der Waals surface area (Å²) in [5, 5.41) is 0.349. The van der Waals surface area contributed by atoms with Crippen LogP contribution in [0.2, 0.25) is 10.0 Å². The quantitative estimate of drug-likeness (QED) is 0.848. The van der Waals surface area contributed by atoms with E-state index in [1.54, 1.807) is 18.2 Å². The molecular formula is C13H18Cl2N2O2S. The maximum Gasteiger partial charge on any atom is 0.246 e. The molecule has 0 spiro atoms. The number of nitrogens with zero attached hydrogens (tertiary/aromatic N) is 2. The molecule has 1 aliphatic heterocycles. The van der Waals surface area contributed by atoms with Crippen molar-refractivity contribution in [3.05, 3.63) is 28.2 Å². The number of benzene rings is 1. The van der Waals surface area contributed by atoms with Crippen LogP contribution in [-0.4, -0.2) is 50.3 Å². The third-order valence-electron chi connectivity index (χ3n) is 3.39. The summed E-state index contributed by atoms with van der Waals surface area (Å²) in [6.45, 7) is 5.56. The first-order valence-electron chi connectivity index (χ1n) is 6.63. The molecule has 1 aromatic rings. The molecule has 1 aromatic carbocycles. The highest BCUT2D eigenvalue weighted by atomic mass is 35.5. The Morgan fingerprint density at radius 1 is 1.10 bits per heavy atom. The Morgan fingerprint density at radius 3 is 2.15 bits per heavy atom. The Hall–Kier alpha value is -0.330. The maximum atomic E-state index is 12.6. The van der Waals surface area contributed by atoms with Crippen molar-refractivity contribution in [1.29, 1.82) is 0 Å². The second-order valence-electron chi connectivity index (χ2n) is 4.80. The van der Waals surface area contributed by atoms with Gasteiger partial charge in [-0.3, -0.25) is 0 Å². The topological polar surface area (TPSA) is 40.6 Å². The van der Waals surface area contributed by atoms with Crippen molar-refractivity contribution in [2.45, 2.75) is 18.2 Å². The average molecular weight is 337 g/mol. The van der Waals surface area contributed by atoms with Crippen LogP contribution < -0.4 is 0 Å². The Kier molecular flexibility index (Phi) is 5.31. The van der Waals surface area contributed by atoms with Crippen molar-refractivity contribution in [3.8, 4) is 0 Å². The molecular weight excluding hydrogens is 319 g/mol. The zero-order valence-electron chi connectivity index (χ0n) is 11.3. The van der Waals surface area contributed by atoms with E-state index in [9.17, 15) is 8.42 Å². The Morgan fingerprint density at radius 2 is 1.65 bits per heavy atom. The Labute approximate surface area is 130 Å². The van der Waals surface area contributed by atoms with Crippen molar-refractivity contribution in [2.24, 2.45) is 0 Å².